The average molecular weight is 451 g/mol. The minimum Gasteiger partial charge on any atom is -0.497 e. The number of carbonyl (C=O) groups is 2. The molecule has 0 saturated heterocycles. The van der Waals surface area contributed by atoms with Crippen molar-refractivity contribution in [2.75, 3.05) is 18.6 Å². The molecule has 4 rings (SSSR count). The lowest BCUT2D eigenvalue weighted by Gasteiger charge is -2.35. The number of nitrogens with one attached hydrogen (secondary N) is 1. The van der Waals surface area contributed by atoms with Gasteiger partial charge in [-0.2, -0.15) is 0 Å². The Balaban J connectivity index is 1.55. The molecule has 0 radical (unpaired) electrons. The third-order valence-corrected chi connectivity index (χ3v) is 7.68. The molecule has 1 N–H and O–H groups in total. The largest absolute Gasteiger partial charge is 0.497 e. The zero-order chi connectivity index (χ0) is 22.7. The summed E-state index contributed by atoms with van der Waals surface area (Å²) >= 11 is 1.44. The maximum atomic E-state index is 13.4. The fourth-order valence-corrected chi connectivity index (χ4v) is 5.51. The Hall–Kier alpha value is -2.73. The molecule has 0 aromatic heterocycles. The van der Waals surface area contributed by atoms with Gasteiger partial charge in [0.2, 0.25) is 5.91 Å². The Kier molecular flexibility index (Phi) is 6.89. The zero-order valence-corrected chi connectivity index (χ0v) is 19.7. The second kappa shape index (κ2) is 9.82. The van der Waals surface area contributed by atoms with Crippen LogP contribution in [0.4, 0.5) is 5.69 Å². The van der Waals surface area contributed by atoms with Crippen molar-refractivity contribution in [1.29, 1.82) is 0 Å². The van der Waals surface area contributed by atoms with Gasteiger partial charge in [-0.3, -0.25) is 14.5 Å². The first-order valence-corrected chi connectivity index (χ1v) is 12.0. The fraction of sp³-hybridized carbons (Fsp3) is 0.385. The highest BCUT2D eigenvalue weighted by atomic mass is 32.2. The highest BCUT2D eigenvalue weighted by molar-refractivity contribution is 8.04. The van der Waals surface area contributed by atoms with Gasteiger partial charge in [0.1, 0.15) is 12.3 Å². The van der Waals surface area contributed by atoms with Gasteiger partial charge in [0.15, 0.2) is 0 Å². The van der Waals surface area contributed by atoms with Crippen LogP contribution in [-0.2, 0) is 9.59 Å². The van der Waals surface area contributed by atoms with E-state index in [1.807, 2.05) is 54.6 Å². The van der Waals surface area contributed by atoms with Crippen LogP contribution in [0, 0.1) is 11.8 Å². The van der Waals surface area contributed by atoms with Gasteiger partial charge < -0.3 is 10.1 Å². The number of methoxy groups -OCH3 is 1. The topological polar surface area (TPSA) is 58.6 Å². The third kappa shape index (κ3) is 4.85. The van der Waals surface area contributed by atoms with E-state index in [1.54, 1.807) is 12.0 Å². The van der Waals surface area contributed by atoms with Crippen LogP contribution in [0.25, 0.3) is 6.08 Å². The summed E-state index contributed by atoms with van der Waals surface area (Å²) in [6.07, 6.45) is 5.22. The maximum Gasteiger partial charge on any atom is 0.265 e. The lowest BCUT2D eigenvalue weighted by molar-refractivity contribution is -0.123. The fourth-order valence-electron chi connectivity index (χ4n) is 4.45. The van der Waals surface area contributed by atoms with Crippen LogP contribution in [-0.4, -0.2) is 31.5 Å². The molecule has 2 aromatic rings. The average Bonchev–Trinajstić information content (AvgIpc) is 2.80. The van der Waals surface area contributed by atoms with E-state index in [2.05, 4.69) is 19.2 Å². The first-order chi connectivity index (χ1) is 15.5. The molecule has 5 nitrogen and oxygen atoms in total. The number of anilines is 1. The first-order valence-electron chi connectivity index (χ1n) is 11.2. The van der Waals surface area contributed by atoms with Crippen molar-refractivity contribution < 1.29 is 14.3 Å². The van der Waals surface area contributed by atoms with Crippen molar-refractivity contribution in [1.82, 2.24) is 5.32 Å². The molecule has 2 aliphatic rings. The van der Waals surface area contributed by atoms with E-state index < -0.39 is 0 Å². The second-order valence-electron chi connectivity index (χ2n) is 8.68. The van der Waals surface area contributed by atoms with Crippen molar-refractivity contribution in [3.05, 3.63) is 59.0 Å². The SMILES string of the molecule is COc1ccc(/C=C2\Sc3ccccc3N(CC(=O)N[C@@H]3CCC[C@H](C)[C@H]3C)C2=O)cc1. The van der Waals surface area contributed by atoms with E-state index in [4.69, 9.17) is 4.74 Å². The minimum absolute atomic E-state index is 0.0218. The highest BCUT2D eigenvalue weighted by Crippen LogP contribution is 2.42. The maximum absolute atomic E-state index is 13.4. The molecule has 0 bridgehead atoms. The summed E-state index contributed by atoms with van der Waals surface area (Å²) < 4.78 is 5.22. The summed E-state index contributed by atoms with van der Waals surface area (Å²) in [6.45, 7) is 4.48. The van der Waals surface area contributed by atoms with Crippen molar-refractivity contribution in [2.45, 2.75) is 44.0 Å². The Labute approximate surface area is 194 Å². The van der Waals surface area contributed by atoms with E-state index >= 15 is 0 Å². The molecule has 1 aliphatic heterocycles. The van der Waals surface area contributed by atoms with Crippen LogP contribution in [0.2, 0.25) is 0 Å². The van der Waals surface area contributed by atoms with Gasteiger partial charge in [0, 0.05) is 10.9 Å². The van der Waals surface area contributed by atoms with E-state index in [0.29, 0.717) is 16.7 Å². The Morgan fingerprint density at radius 2 is 1.91 bits per heavy atom. The number of carbonyl (C=O) groups excluding carboxylic acids is 2. The van der Waals surface area contributed by atoms with E-state index in [9.17, 15) is 9.59 Å². The number of fused-ring (bicyclic) bond motifs is 1. The van der Waals surface area contributed by atoms with Gasteiger partial charge in [-0.05, 0) is 54.2 Å². The molecule has 3 atom stereocenters. The number of rotatable bonds is 5. The third-order valence-electron chi connectivity index (χ3n) is 6.60. The van der Waals surface area contributed by atoms with E-state index in [1.165, 1.54) is 18.2 Å². The van der Waals surface area contributed by atoms with Crippen LogP contribution < -0.4 is 15.0 Å². The molecule has 32 heavy (non-hydrogen) atoms. The zero-order valence-electron chi connectivity index (χ0n) is 18.8. The molecule has 2 aromatic carbocycles. The predicted octanol–water partition coefficient (Wildman–Crippen LogP) is 5.12. The molecule has 0 unspecified atom stereocenters. The lowest BCUT2D eigenvalue weighted by Crippen LogP contribution is -2.49. The van der Waals surface area contributed by atoms with Crippen molar-refractivity contribution >= 4 is 35.3 Å². The quantitative estimate of drug-likeness (QED) is 0.643. The molecular weight excluding hydrogens is 420 g/mol. The smallest absolute Gasteiger partial charge is 0.265 e. The predicted molar refractivity (Wildman–Crippen MR) is 130 cm³/mol. The normalized spacial score (nSPS) is 24.2. The summed E-state index contributed by atoms with van der Waals surface area (Å²) in [5.74, 6) is 1.56. The molecule has 1 aliphatic carbocycles. The van der Waals surface area contributed by atoms with Crippen LogP contribution in [0.1, 0.15) is 38.7 Å². The van der Waals surface area contributed by atoms with Crippen LogP contribution >= 0.6 is 11.8 Å². The summed E-state index contributed by atoms with van der Waals surface area (Å²) in [5.41, 5.74) is 1.70. The highest BCUT2D eigenvalue weighted by Gasteiger charge is 2.32. The van der Waals surface area contributed by atoms with Crippen LogP contribution in [0.15, 0.2) is 58.3 Å². The Bertz CT molecular complexity index is 1020. The van der Waals surface area contributed by atoms with Crippen molar-refractivity contribution in [2.24, 2.45) is 11.8 Å². The number of nitrogens with zero attached hydrogens (tertiary/aromatic N) is 1. The number of hydrogen-bond donors (Lipinski definition) is 1. The number of amides is 2. The molecule has 168 valence electrons. The van der Waals surface area contributed by atoms with Crippen molar-refractivity contribution in [3.63, 3.8) is 0 Å². The first kappa shape index (κ1) is 22.5. The minimum atomic E-state index is -0.148. The molecule has 1 saturated carbocycles. The van der Waals surface area contributed by atoms with Gasteiger partial charge in [-0.1, -0.05) is 62.7 Å². The number of para-hydroxylation sites is 1. The summed E-state index contributed by atoms with van der Waals surface area (Å²) in [6, 6.07) is 15.5. The molecule has 0 spiro atoms. The summed E-state index contributed by atoms with van der Waals surface area (Å²) in [7, 11) is 1.63. The van der Waals surface area contributed by atoms with Crippen molar-refractivity contribution in [3.8, 4) is 5.75 Å². The van der Waals surface area contributed by atoms with E-state index in [0.717, 1.165) is 34.7 Å². The summed E-state index contributed by atoms with van der Waals surface area (Å²) in [5, 5.41) is 3.20. The standard InChI is InChI=1S/C26H30N2O3S/c1-17-7-6-8-21(18(17)2)27-25(29)16-28-22-9-4-5-10-23(22)32-24(26(28)30)15-19-11-13-20(31-3)14-12-19/h4-5,9-15,17-18,21H,6-8,16H2,1-3H3,(H,27,29)/b24-15-/t17-,18+,21+/m0/s1. The second-order valence-corrected chi connectivity index (χ2v) is 9.77. The van der Waals surface area contributed by atoms with E-state index in [-0.39, 0.29) is 24.4 Å². The molecule has 6 heteroatoms. The molecular formula is C26H30N2O3S. The number of benzene rings is 2. The van der Waals surface area contributed by atoms with Gasteiger partial charge in [0.05, 0.1) is 17.7 Å². The molecule has 1 fully saturated rings. The lowest BCUT2D eigenvalue weighted by atomic mass is 9.78. The Morgan fingerprint density at radius 1 is 1.16 bits per heavy atom. The molecule has 1 heterocycles. The van der Waals surface area contributed by atoms with Crippen LogP contribution in [0.5, 0.6) is 5.75 Å². The molecule has 2 amide bonds. The number of thioether (sulfide) groups is 1. The van der Waals surface area contributed by atoms with Gasteiger partial charge in [-0.25, -0.2) is 0 Å². The summed E-state index contributed by atoms with van der Waals surface area (Å²) in [4.78, 5) is 29.5. The number of ether oxygens (including phenoxy) is 1. The van der Waals surface area contributed by atoms with Gasteiger partial charge >= 0.3 is 0 Å². The van der Waals surface area contributed by atoms with Crippen LogP contribution in [0.3, 0.4) is 0 Å². The Morgan fingerprint density at radius 3 is 2.66 bits per heavy atom. The van der Waals surface area contributed by atoms with Gasteiger partial charge in [-0.15, -0.1) is 0 Å². The number of hydrogen-bond acceptors (Lipinski definition) is 4. The van der Waals surface area contributed by atoms with Gasteiger partial charge in [0.25, 0.3) is 5.91 Å². The monoisotopic (exact) mass is 450 g/mol.